The fraction of sp³-hybridized carbons (Fsp3) is 0.321. The van der Waals surface area contributed by atoms with Crippen LogP contribution in [0.3, 0.4) is 0 Å². The molecule has 2 aliphatic heterocycles. The van der Waals surface area contributed by atoms with Gasteiger partial charge in [-0.2, -0.15) is 0 Å². The molecule has 6 rings (SSSR count). The lowest BCUT2D eigenvalue weighted by molar-refractivity contribution is -0.130. The maximum Gasteiger partial charge on any atom is 0.264 e. The topological polar surface area (TPSA) is 128 Å². The van der Waals surface area contributed by atoms with Crippen LogP contribution in [0.5, 0.6) is 5.75 Å². The van der Waals surface area contributed by atoms with E-state index in [0.29, 0.717) is 41.5 Å². The summed E-state index contributed by atoms with van der Waals surface area (Å²) < 4.78 is 33.7. The maximum absolute atomic E-state index is 13.1. The third-order valence-corrected chi connectivity index (χ3v) is 7.69. The molecular formula is C28H27F2N7O3. The van der Waals surface area contributed by atoms with Crippen molar-refractivity contribution in [2.45, 2.75) is 44.1 Å². The summed E-state index contributed by atoms with van der Waals surface area (Å²) in [5.74, 6) is 1.13. The lowest BCUT2D eigenvalue weighted by Crippen LogP contribution is -2.41. The first-order valence-corrected chi connectivity index (χ1v) is 13.0. The zero-order valence-corrected chi connectivity index (χ0v) is 21.7. The molecule has 2 fully saturated rings. The largest absolute Gasteiger partial charge is 0.496 e. The highest BCUT2D eigenvalue weighted by molar-refractivity contribution is 6.04. The van der Waals surface area contributed by atoms with E-state index in [0.717, 1.165) is 31.2 Å². The van der Waals surface area contributed by atoms with Gasteiger partial charge in [0.05, 0.1) is 7.11 Å². The molecule has 10 nitrogen and oxygen atoms in total. The number of ether oxygens (including phenoxy) is 1. The van der Waals surface area contributed by atoms with Gasteiger partial charge in [0, 0.05) is 60.2 Å². The van der Waals surface area contributed by atoms with Gasteiger partial charge < -0.3 is 20.7 Å². The van der Waals surface area contributed by atoms with Gasteiger partial charge in [-0.1, -0.05) is 0 Å². The number of rotatable bonds is 6. The summed E-state index contributed by atoms with van der Waals surface area (Å²) in [6.07, 6.45) is 5.27. The van der Waals surface area contributed by atoms with Crippen molar-refractivity contribution in [1.82, 2.24) is 24.3 Å². The Labute approximate surface area is 228 Å². The number of aromatic nitrogens is 4. The van der Waals surface area contributed by atoms with Gasteiger partial charge in [-0.3, -0.25) is 14.0 Å². The van der Waals surface area contributed by atoms with E-state index >= 15 is 0 Å². The highest BCUT2D eigenvalue weighted by Crippen LogP contribution is 2.40. The van der Waals surface area contributed by atoms with Gasteiger partial charge in [0.1, 0.15) is 34.4 Å². The molecule has 0 bridgehead atoms. The number of nitrogens with zero attached hydrogens (tertiary/aromatic N) is 5. The molecule has 0 aliphatic carbocycles. The van der Waals surface area contributed by atoms with Gasteiger partial charge in [-0.15, -0.1) is 0 Å². The van der Waals surface area contributed by atoms with E-state index in [-0.39, 0.29) is 34.6 Å². The number of benzene rings is 1. The summed E-state index contributed by atoms with van der Waals surface area (Å²) in [6.45, 7) is 0.599. The van der Waals surface area contributed by atoms with Crippen molar-refractivity contribution in [3.63, 3.8) is 0 Å². The number of nitrogens with two attached hydrogens (primary N) is 1. The van der Waals surface area contributed by atoms with Crippen LogP contribution in [-0.2, 0) is 4.79 Å². The molecule has 2 saturated heterocycles. The van der Waals surface area contributed by atoms with E-state index in [1.54, 1.807) is 24.4 Å². The fourth-order valence-corrected chi connectivity index (χ4v) is 5.71. The molecule has 2 amide bonds. The Kier molecular flexibility index (Phi) is 6.53. The van der Waals surface area contributed by atoms with E-state index in [4.69, 9.17) is 15.5 Å². The molecule has 1 aromatic carbocycles. The van der Waals surface area contributed by atoms with Crippen LogP contribution in [0.1, 0.15) is 59.8 Å². The molecule has 4 aromatic rings. The van der Waals surface area contributed by atoms with Gasteiger partial charge >= 0.3 is 0 Å². The van der Waals surface area contributed by atoms with E-state index in [1.807, 2.05) is 15.5 Å². The molecule has 206 valence electrons. The molecule has 2 aliphatic rings. The highest BCUT2D eigenvalue weighted by Gasteiger charge is 2.38. The minimum atomic E-state index is -2.68. The van der Waals surface area contributed by atoms with Crippen LogP contribution in [0.4, 0.5) is 20.4 Å². The summed E-state index contributed by atoms with van der Waals surface area (Å²) in [4.78, 5) is 40.6. The van der Waals surface area contributed by atoms with Crippen LogP contribution < -0.4 is 15.8 Å². The number of carbonyl (C=O) groups is 2. The summed E-state index contributed by atoms with van der Waals surface area (Å²) in [6, 6.07) is 7.47. The molecule has 0 radical (unpaired) electrons. The number of hydrogen-bond donors (Lipinski definition) is 2. The monoisotopic (exact) mass is 547 g/mol. The van der Waals surface area contributed by atoms with Gasteiger partial charge in [0.2, 0.25) is 5.91 Å². The first kappa shape index (κ1) is 25.7. The Balaban J connectivity index is 1.35. The zero-order valence-electron chi connectivity index (χ0n) is 21.7. The number of hydrogen-bond acceptors (Lipinski definition) is 7. The van der Waals surface area contributed by atoms with Gasteiger partial charge in [0.25, 0.3) is 12.3 Å². The average Bonchev–Trinajstić information content (AvgIpc) is 3.54. The van der Waals surface area contributed by atoms with Crippen LogP contribution in [0.25, 0.3) is 16.8 Å². The summed E-state index contributed by atoms with van der Waals surface area (Å²) >= 11 is 0. The van der Waals surface area contributed by atoms with Crippen LogP contribution in [0.2, 0.25) is 0 Å². The Morgan fingerprint density at radius 1 is 1.15 bits per heavy atom. The number of alkyl halides is 2. The van der Waals surface area contributed by atoms with Gasteiger partial charge in [-0.05, 0) is 49.6 Å². The van der Waals surface area contributed by atoms with Crippen molar-refractivity contribution in [2.75, 3.05) is 24.7 Å². The first-order chi connectivity index (χ1) is 19.3. The molecule has 12 heteroatoms. The predicted octanol–water partition coefficient (Wildman–Crippen LogP) is 4.44. The van der Waals surface area contributed by atoms with Gasteiger partial charge in [-0.25, -0.2) is 23.7 Å². The summed E-state index contributed by atoms with van der Waals surface area (Å²) in [5, 5.41) is 2.55. The van der Waals surface area contributed by atoms with E-state index in [9.17, 15) is 18.4 Å². The highest BCUT2D eigenvalue weighted by atomic mass is 19.3. The van der Waals surface area contributed by atoms with Crippen LogP contribution in [0.15, 0.2) is 48.9 Å². The average molecular weight is 548 g/mol. The number of anilines is 2. The smallest absolute Gasteiger partial charge is 0.264 e. The third kappa shape index (κ3) is 4.48. The minimum absolute atomic E-state index is 0.0145. The number of amides is 2. The Hall–Kier alpha value is -4.61. The molecule has 0 saturated carbocycles. The SMILES string of the molecule is COc1cc(C(=O)Nc2cc(C(F)F)ccn2)ccc1-c1nc([C@@H]2CC[C@H]3CCC(=O)N3C2)n2ccnc(N)c12. The number of fused-ring (bicyclic) bond motifs is 2. The van der Waals surface area contributed by atoms with Crippen molar-refractivity contribution in [3.8, 4) is 17.0 Å². The Morgan fingerprint density at radius 2 is 2.00 bits per heavy atom. The molecule has 3 aromatic heterocycles. The van der Waals surface area contributed by atoms with Crippen LogP contribution in [-0.4, -0.2) is 55.8 Å². The van der Waals surface area contributed by atoms with Crippen LogP contribution in [0, 0.1) is 0 Å². The predicted molar refractivity (Wildman–Crippen MR) is 143 cm³/mol. The first-order valence-electron chi connectivity index (χ1n) is 13.0. The molecule has 2 atom stereocenters. The maximum atomic E-state index is 13.1. The van der Waals surface area contributed by atoms with E-state index in [2.05, 4.69) is 15.3 Å². The minimum Gasteiger partial charge on any atom is -0.496 e. The number of piperidine rings is 1. The number of nitrogen functional groups attached to an aromatic ring is 1. The summed E-state index contributed by atoms with van der Waals surface area (Å²) in [7, 11) is 1.48. The van der Waals surface area contributed by atoms with Crippen molar-refractivity contribution >= 4 is 29.0 Å². The quantitative estimate of drug-likeness (QED) is 0.365. The number of pyridine rings is 1. The second-order valence-electron chi connectivity index (χ2n) is 10.0. The number of halogens is 2. The van der Waals surface area contributed by atoms with Crippen molar-refractivity contribution in [3.05, 3.63) is 65.9 Å². The van der Waals surface area contributed by atoms with E-state index < -0.39 is 12.3 Å². The lowest BCUT2D eigenvalue weighted by Gasteiger charge is -2.34. The number of nitrogens with one attached hydrogen (secondary N) is 1. The summed E-state index contributed by atoms with van der Waals surface area (Å²) in [5.41, 5.74) is 8.09. The molecule has 40 heavy (non-hydrogen) atoms. The Morgan fingerprint density at radius 3 is 2.80 bits per heavy atom. The standard InChI is InChI=1S/C28H27F2N7O3/c1-40-20-12-16(28(39)34-21-13-15(25(29)30)8-9-32-21)3-6-19(20)23-24-26(31)33-10-11-36(24)27(35-23)17-2-4-18-5-7-22(38)37(18)14-17/h3,6,8-13,17-18,25H,2,4-5,7,14H2,1H3,(H2,31,33)(H,32,34,39)/t17-,18+/m1/s1. The van der Waals surface area contributed by atoms with Crippen molar-refractivity contribution in [1.29, 1.82) is 0 Å². The fourth-order valence-electron chi connectivity index (χ4n) is 5.71. The number of imidazole rings is 1. The second-order valence-corrected chi connectivity index (χ2v) is 10.0. The van der Waals surface area contributed by atoms with Crippen molar-refractivity contribution < 1.29 is 23.1 Å². The number of methoxy groups -OCH3 is 1. The molecule has 5 heterocycles. The molecule has 3 N–H and O–H groups in total. The second kappa shape index (κ2) is 10.2. The van der Waals surface area contributed by atoms with Gasteiger partial charge in [0.15, 0.2) is 0 Å². The molecular weight excluding hydrogens is 520 g/mol. The normalized spacial score (nSPS) is 18.8. The molecule has 0 spiro atoms. The third-order valence-electron chi connectivity index (χ3n) is 7.69. The van der Waals surface area contributed by atoms with Crippen LogP contribution >= 0.6 is 0 Å². The van der Waals surface area contributed by atoms with E-state index in [1.165, 1.54) is 19.4 Å². The zero-order chi connectivity index (χ0) is 28.0. The lowest BCUT2D eigenvalue weighted by atomic mass is 9.92. The number of carbonyl (C=O) groups excluding carboxylic acids is 2. The Bertz CT molecular complexity index is 1620. The van der Waals surface area contributed by atoms with Crippen molar-refractivity contribution in [2.24, 2.45) is 0 Å². The molecule has 0 unspecified atom stereocenters.